The van der Waals surface area contributed by atoms with Crippen molar-refractivity contribution in [3.05, 3.63) is 4.91 Å². The highest BCUT2D eigenvalue weighted by Crippen LogP contribution is 2.21. The van der Waals surface area contributed by atoms with Crippen molar-refractivity contribution in [1.82, 2.24) is 26.6 Å². The average molecular weight is 708 g/mol. The minimum Gasteiger partial charge on any atom is -0.444 e. The number of amidine groups is 1. The number of nitrogens with zero attached hydrogens (tertiary/aromatic N) is 2. The van der Waals surface area contributed by atoms with Crippen LogP contribution >= 0.6 is 0 Å². The lowest BCUT2D eigenvalue weighted by atomic mass is 9.95. The van der Waals surface area contributed by atoms with Crippen LogP contribution in [0, 0.1) is 10.8 Å². The van der Waals surface area contributed by atoms with Gasteiger partial charge < -0.3 is 36.1 Å². The first-order valence-corrected chi connectivity index (χ1v) is 18.4. The van der Waals surface area contributed by atoms with E-state index in [0.717, 1.165) is 51.4 Å². The predicted molar refractivity (Wildman–Crippen MR) is 190 cm³/mol. The van der Waals surface area contributed by atoms with Crippen molar-refractivity contribution in [3.63, 3.8) is 0 Å². The van der Waals surface area contributed by atoms with Crippen molar-refractivity contribution < 1.29 is 33.4 Å². The molecule has 15 heteroatoms. The number of aliphatic imine (C=N–C) groups is 1. The summed E-state index contributed by atoms with van der Waals surface area (Å²) in [4.78, 5) is 79.6. The Balaban J connectivity index is 1.96. The molecule has 50 heavy (non-hydrogen) atoms. The molecule has 2 rings (SSSR count). The summed E-state index contributed by atoms with van der Waals surface area (Å²) >= 11 is 0. The van der Waals surface area contributed by atoms with Gasteiger partial charge in [-0.05, 0) is 84.5 Å². The Kier molecular flexibility index (Phi) is 19.4. The lowest BCUT2D eigenvalue weighted by Gasteiger charge is -2.26. The maximum absolute atomic E-state index is 13.3. The summed E-state index contributed by atoms with van der Waals surface area (Å²) in [5.41, 5.74) is -0.772. The number of amides is 4. The van der Waals surface area contributed by atoms with Crippen molar-refractivity contribution in [2.45, 2.75) is 161 Å². The molecule has 0 aromatic rings. The van der Waals surface area contributed by atoms with Crippen LogP contribution in [0.4, 0.5) is 4.79 Å². The number of carbonyl (C=O) groups excluding carboxylic acids is 5. The van der Waals surface area contributed by atoms with E-state index in [1.807, 2.05) is 13.8 Å². The Hall–Kier alpha value is -3.78. The van der Waals surface area contributed by atoms with Crippen LogP contribution < -0.4 is 26.6 Å². The van der Waals surface area contributed by atoms with Crippen molar-refractivity contribution in [1.29, 1.82) is 0 Å². The summed E-state index contributed by atoms with van der Waals surface area (Å²) in [7, 11) is 0. The standard InChI is InChI=1S/C35H61N7O8/c1-24(2)19-20-28(42-34(47)50-35(3,4)5)32(46)41-27(18-12-13-21-38-48)31(45)37-22-29(43)36-23-30(44)49-33(39-25-14-8-6-9-15-25)40-26-16-10-7-11-17-26/h24-28H,6-23H2,1-5H3,(H,36,43)(H,37,45)(H,39,40)(H,41,46)(H,42,47)/t27-,28+/m1/s1. The number of esters is 1. The molecule has 2 aliphatic rings. The van der Waals surface area contributed by atoms with E-state index in [1.165, 1.54) is 12.8 Å². The molecule has 2 atom stereocenters. The SMILES string of the molecule is CC(C)CC[C@H](NC(=O)OC(C)(C)C)C(=O)N[C@H](CCCCN=O)C(=O)NCC(=O)NCC(=O)OC(=NC1CCCCC1)NC1CCCCC1. The Morgan fingerprint density at radius 3 is 2.02 bits per heavy atom. The molecule has 0 saturated heterocycles. The summed E-state index contributed by atoms with van der Waals surface area (Å²) in [5.74, 6) is -2.27. The monoisotopic (exact) mass is 707 g/mol. The Morgan fingerprint density at radius 1 is 0.760 bits per heavy atom. The number of alkyl carbamates (subject to hydrolysis) is 1. The van der Waals surface area contributed by atoms with Gasteiger partial charge in [-0.3, -0.25) is 14.4 Å². The highest BCUT2D eigenvalue weighted by Gasteiger charge is 2.29. The first kappa shape index (κ1) is 42.4. The van der Waals surface area contributed by atoms with Gasteiger partial charge in [0.2, 0.25) is 17.7 Å². The third-order valence-electron chi connectivity index (χ3n) is 8.54. The van der Waals surface area contributed by atoms with E-state index in [1.54, 1.807) is 20.8 Å². The number of rotatable bonds is 18. The first-order chi connectivity index (χ1) is 23.8. The van der Waals surface area contributed by atoms with Crippen molar-refractivity contribution in [2.75, 3.05) is 19.6 Å². The van der Waals surface area contributed by atoms with Crippen LogP contribution in [0.25, 0.3) is 0 Å². The van der Waals surface area contributed by atoms with Gasteiger partial charge in [-0.2, -0.15) is 4.91 Å². The van der Waals surface area contributed by atoms with Gasteiger partial charge in [-0.1, -0.05) is 57.5 Å². The molecule has 0 aliphatic heterocycles. The Labute approximate surface area is 297 Å². The summed E-state index contributed by atoms with van der Waals surface area (Å²) < 4.78 is 10.9. The van der Waals surface area contributed by atoms with Crippen LogP contribution in [-0.4, -0.2) is 85.2 Å². The van der Waals surface area contributed by atoms with Gasteiger partial charge >= 0.3 is 12.1 Å². The second kappa shape index (κ2) is 22.8. The molecule has 0 bridgehead atoms. The lowest BCUT2D eigenvalue weighted by molar-refractivity contribution is -0.137. The van der Waals surface area contributed by atoms with E-state index >= 15 is 0 Å². The molecule has 0 unspecified atom stereocenters. The highest BCUT2D eigenvalue weighted by molar-refractivity contribution is 5.94. The fraction of sp³-hybridized carbons (Fsp3) is 0.829. The van der Waals surface area contributed by atoms with E-state index in [-0.39, 0.29) is 37.0 Å². The van der Waals surface area contributed by atoms with Crippen LogP contribution in [0.15, 0.2) is 10.2 Å². The third-order valence-corrected chi connectivity index (χ3v) is 8.54. The van der Waals surface area contributed by atoms with Gasteiger partial charge in [0.25, 0.3) is 6.02 Å². The maximum atomic E-state index is 13.3. The van der Waals surface area contributed by atoms with E-state index in [0.29, 0.717) is 25.7 Å². The zero-order valence-corrected chi connectivity index (χ0v) is 30.8. The van der Waals surface area contributed by atoms with E-state index in [4.69, 9.17) is 14.5 Å². The van der Waals surface area contributed by atoms with E-state index in [9.17, 15) is 28.9 Å². The predicted octanol–water partition coefficient (Wildman–Crippen LogP) is 4.12. The number of unbranched alkanes of at least 4 members (excludes halogenated alkanes) is 1. The smallest absolute Gasteiger partial charge is 0.408 e. The number of hydrogen-bond acceptors (Lipinski definition) is 10. The van der Waals surface area contributed by atoms with Gasteiger partial charge in [0.15, 0.2) is 0 Å². The topological polar surface area (TPSA) is 206 Å². The molecule has 2 fully saturated rings. The largest absolute Gasteiger partial charge is 0.444 e. The number of hydrogen-bond donors (Lipinski definition) is 5. The maximum Gasteiger partial charge on any atom is 0.408 e. The second-order valence-corrected chi connectivity index (χ2v) is 14.8. The zero-order chi connectivity index (χ0) is 36.9. The normalized spacial score (nSPS) is 17.2. The molecule has 15 nitrogen and oxygen atoms in total. The molecule has 0 radical (unpaired) electrons. The molecule has 284 valence electrons. The van der Waals surface area contributed by atoms with Gasteiger partial charge in [0, 0.05) is 6.04 Å². The molecule has 2 aliphatic carbocycles. The second-order valence-electron chi connectivity index (χ2n) is 14.8. The third kappa shape index (κ3) is 18.8. The zero-order valence-electron chi connectivity index (χ0n) is 30.8. The minimum absolute atomic E-state index is 0.0568. The van der Waals surface area contributed by atoms with Crippen LogP contribution in [0.5, 0.6) is 0 Å². The Bertz CT molecular complexity index is 1130. The fourth-order valence-electron chi connectivity index (χ4n) is 5.84. The van der Waals surface area contributed by atoms with Crippen molar-refractivity contribution >= 4 is 35.8 Å². The molecule has 0 heterocycles. The van der Waals surface area contributed by atoms with E-state index < -0.39 is 60.6 Å². The fourth-order valence-corrected chi connectivity index (χ4v) is 5.84. The summed E-state index contributed by atoms with van der Waals surface area (Å²) in [6, 6.07) is -1.54. The molecular formula is C35H61N7O8. The van der Waals surface area contributed by atoms with Crippen LogP contribution in [-0.2, 0) is 28.7 Å². The molecular weight excluding hydrogens is 646 g/mol. The Morgan fingerprint density at radius 2 is 1.40 bits per heavy atom. The minimum atomic E-state index is -1.06. The van der Waals surface area contributed by atoms with Crippen LogP contribution in [0.2, 0.25) is 0 Å². The lowest BCUT2D eigenvalue weighted by Crippen LogP contribution is -2.55. The molecule has 0 aromatic heterocycles. The summed E-state index contributed by atoms with van der Waals surface area (Å²) in [5, 5.41) is 16.4. The van der Waals surface area contributed by atoms with Gasteiger partial charge in [-0.25, -0.2) is 14.6 Å². The average Bonchev–Trinajstić information content (AvgIpc) is 3.05. The van der Waals surface area contributed by atoms with Gasteiger partial charge in [-0.15, -0.1) is 0 Å². The quantitative estimate of drug-likeness (QED) is 0.0456. The van der Waals surface area contributed by atoms with E-state index in [2.05, 4.69) is 31.8 Å². The molecule has 0 aromatic carbocycles. The number of carbonyl (C=O) groups is 5. The first-order valence-electron chi connectivity index (χ1n) is 18.4. The van der Waals surface area contributed by atoms with Crippen LogP contribution in [0.3, 0.4) is 0 Å². The number of ether oxygens (including phenoxy) is 2. The molecule has 2 saturated carbocycles. The van der Waals surface area contributed by atoms with Gasteiger partial charge in [0.05, 0.1) is 19.1 Å². The van der Waals surface area contributed by atoms with Crippen LogP contribution in [0.1, 0.15) is 131 Å². The van der Waals surface area contributed by atoms with Crippen molar-refractivity contribution in [3.8, 4) is 0 Å². The summed E-state index contributed by atoms with van der Waals surface area (Å²) in [6.45, 7) is 8.29. The van der Waals surface area contributed by atoms with Crippen molar-refractivity contribution in [2.24, 2.45) is 16.1 Å². The molecule has 4 amide bonds. The summed E-state index contributed by atoms with van der Waals surface area (Å²) in [6.07, 6.45) is 11.7. The number of nitrogens with one attached hydrogen (secondary N) is 5. The molecule has 0 spiro atoms. The number of nitroso groups, excluding NO2 is 1. The molecule has 5 N–H and O–H groups in total. The van der Waals surface area contributed by atoms with Gasteiger partial charge in [0.1, 0.15) is 24.2 Å². The highest BCUT2D eigenvalue weighted by atomic mass is 16.6.